The van der Waals surface area contributed by atoms with Crippen molar-refractivity contribution in [2.45, 2.75) is 12.5 Å². The van der Waals surface area contributed by atoms with E-state index in [1.807, 2.05) is 38.6 Å². The largest absolute Gasteiger partial charge is 0.496 e. The SMILES string of the molecule is COc1ccc(Cl)cc1CN(C)C(=O)[C@H]1CNC[C@@H]1c1cnn(C)c1.Cl. The third kappa shape index (κ3) is 4.31. The zero-order chi connectivity index (χ0) is 18.0. The van der Waals surface area contributed by atoms with E-state index in [9.17, 15) is 4.79 Å². The molecule has 1 N–H and O–H groups in total. The number of nitrogens with zero attached hydrogens (tertiary/aromatic N) is 3. The molecule has 1 aromatic carbocycles. The first kappa shape index (κ1) is 20.6. The van der Waals surface area contributed by atoms with E-state index in [1.54, 1.807) is 22.8 Å². The van der Waals surface area contributed by atoms with Crippen LogP contribution in [0.1, 0.15) is 17.0 Å². The van der Waals surface area contributed by atoms with E-state index in [-0.39, 0.29) is 30.2 Å². The molecule has 1 amide bonds. The molecule has 8 heteroatoms. The minimum Gasteiger partial charge on any atom is -0.496 e. The monoisotopic (exact) mass is 398 g/mol. The van der Waals surface area contributed by atoms with Crippen molar-refractivity contribution in [2.75, 3.05) is 27.2 Å². The van der Waals surface area contributed by atoms with Crippen molar-refractivity contribution < 1.29 is 9.53 Å². The number of nitrogens with one attached hydrogen (secondary N) is 1. The molecule has 2 aromatic rings. The lowest BCUT2D eigenvalue weighted by Crippen LogP contribution is -2.35. The Morgan fingerprint density at radius 1 is 1.46 bits per heavy atom. The molecule has 0 radical (unpaired) electrons. The fourth-order valence-electron chi connectivity index (χ4n) is 3.41. The molecule has 0 spiro atoms. The second kappa shape index (κ2) is 8.75. The highest BCUT2D eigenvalue weighted by molar-refractivity contribution is 6.30. The van der Waals surface area contributed by atoms with Crippen molar-refractivity contribution in [1.82, 2.24) is 20.0 Å². The van der Waals surface area contributed by atoms with Crippen LogP contribution in [-0.2, 0) is 18.4 Å². The van der Waals surface area contributed by atoms with Crippen LogP contribution in [0.25, 0.3) is 0 Å². The summed E-state index contributed by atoms with van der Waals surface area (Å²) in [6.45, 7) is 1.92. The molecule has 142 valence electrons. The Bertz CT molecular complexity index is 765. The second-order valence-electron chi connectivity index (χ2n) is 6.47. The molecule has 1 aliphatic heterocycles. The minimum atomic E-state index is -0.0978. The molecule has 26 heavy (non-hydrogen) atoms. The summed E-state index contributed by atoms with van der Waals surface area (Å²) in [7, 11) is 5.33. The number of aromatic nitrogens is 2. The summed E-state index contributed by atoms with van der Waals surface area (Å²) in [5.74, 6) is 0.891. The number of amides is 1. The van der Waals surface area contributed by atoms with Gasteiger partial charge < -0.3 is 15.0 Å². The Morgan fingerprint density at radius 3 is 2.88 bits per heavy atom. The molecule has 6 nitrogen and oxygen atoms in total. The number of carbonyl (C=O) groups excluding carboxylic acids is 1. The molecule has 0 aliphatic carbocycles. The molecular formula is C18H24Cl2N4O2. The Labute approximate surface area is 164 Å². The van der Waals surface area contributed by atoms with Crippen LogP contribution in [0.15, 0.2) is 30.6 Å². The van der Waals surface area contributed by atoms with Gasteiger partial charge in [-0.25, -0.2) is 0 Å². The van der Waals surface area contributed by atoms with Gasteiger partial charge in [0.05, 0.1) is 19.2 Å². The van der Waals surface area contributed by atoms with Crippen molar-refractivity contribution >= 4 is 29.9 Å². The Balaban J connectivity index is 0.00000243. The average Bonchev–Trinajstić information content (AvgIpc) is 3.22. The van der Waals surface area contributed by atoms with Gasteiger partial charge in [0.2, 0.25) is 5.91 Å². The van der Waals surface area contributed by atoms with E-state index in [1.165, 1.54) is 0 Å². The van der Waals surface area contributed by atoms with Gasteiger partial charge in [-0.2, -0.15) is 5.10 Å². The Hall–Kier alpha value is -1.76. The van der Waals surface area contributed by atoms with E-state index < -0.39 is 0 Å². The molecule has 1 fully saturated rings. The first-order valence-electron chi connectivity index (χ1n) is 8.26. The summed E-state index contributed by atoms with van der Waals surface area (Å²) in [4.78, 5) is 14.8. The number of hydrogen-bond acceptors (Lipinski definition) is 4. The van der Waals surface area contributed by atoms with Gasteiger partial charge in [0.15, 0.2) is 0 Å². The maximum atomic E-state index is 13.0. The van der Waals surface area contributed by atoms with Crippen molar-refractivity contribution in [2.24, 2.45) is 13.0 Å². The fraction of sp³-hybridized carbons (Fsp3) is 0.444. The maximum absolute atomic E-state index is 13.0. The zero-order valence-electron chi connectivity index (χ0n) is 15.1. The maximum Gasteiger partial charge on any atom is 0.227 e. The van der Waals surface area contributed by atoms with E-state index in [2.05, 4.69) is 10.4 Å². The van der Waals surface area contributed by atoms with Crippen LogP contribution < -0.4 is 10.1 Å². The quantitative estimate of drug-likeness (QED) is 0.839. The minimum absolute atomic E-state index is 0. The number of methoxy groups -OCH3 is 1. The Kier molecular flexibility index (Phi) is 6.92. The van der Waals surface area contributed by atoms with Gasteiger partial charge in [-0.05, 0) is 23.8 Å². The first-order valence-corrected chi connectivity index (χ1v) is 8.64. The van der Waals surface area contributed by atoms with Gasteiger partial charge in [-0.1, -0.05) is 11.6 Å². The smallest absolute Gasteiger partial charge is 0.227 e. The zero-order valence-corrected chi connectivity index (χ0v) is 16.7. The summed E-state index contributed by atoms with van der Waals surface area (Å²) in [6.07, 6.45) is 3.83. The molecule has 1 aliphatic rings. The van der Waals surface area contributed by atoms with Gasteiger partial charge >= 0.3 is 0 Å². The van der Waals surface area contributed by atoms with E-state index in [0.717, 1.165) is 23.4 Å². The number of rotatable bonds is 5. The highest BCUT2D eigenvalue weighted by Crippen LogP contribution is 2.30. The van der Waals surface area contributed by atoms with Crippen molar-refractivity contribution in [3.63, 3.8) is 0 Å². The van der Waals surface area contributed by atoms with Gasteiger partial charge in [0, 0.05) is 56.4 Å². The predicted molar refractivity (Wildman–Crippen MR) is 104 cm³/mol. The molecule has 0 saturated carbocycles. The summed E-state index contributed by atoms with van der Waals surface area (Å²) >= 11 is 6.09. The van der Waals surface area contributed by atoms with Gasteiger partial charge in [0.1, 0.15) is 5.75 Å². The summed E-state index contributed by atoms with van der Waals surface area (Å²) in [5, 5.41) is 8.20. The van der Waals surface area contributed by atoms with Gasteiger partial charge in [0.25, 0.3) is 0 Å². The van der Waals surface area contributed by atoms with Gasteiger partial charge in [-0.3, -0.25) is 9.48 Å². The standard InChI is InChI=1S/C18H23ClN4O2.ClH/c1-22(10-12-6-14(19)4-5-17(12)25-3)18(24)16-9-20-8-15(16)13-7-21-23(2)11-13;/h4-7,11,15-16,20H,8-10H2,1-3H3;1H/t15-,16+;/m1./s1. The predicted octanol–water partition coefficient (Wildman–Crippen LogP) is 2.47. The van der Waals surface area contributed by atoms with Crippen LogP contribution in [0, 0.1) is 5.92 Å². The number of carbonyl (C=O) groups is 1. The topological polar surface area (TPSA) is 59.4 Å². The molecule has 0 unspecified atom stereocenters. The highest BCUT2D eigenvalue weighted by atomic mass is 35.5. The van der Waals surface area contributed by atoms with Crippen LogP contribution >= 0.6 is 24.0 Å². The molecular weight excluding hydrogens is 375 g/mol. The fourth-order valence-corrected chi connectivity index (χ4v) is 3.60. The lowest BCUT2D eigenvalue weighted by Gasteiger charge is -2.25. The van der Waals surface area contributed by atoms with Crippen molar-refractivity contribution in [1.29, 1.82) is 0 Å². The van der Waals surface area contributed by atoms with E-state index in [0.29, 0.717) is 18.1 Å². The van der Waals surface area contributed by atoms with Crippen LogP contribution in [0.5, 0.6) is 5.75 Å². The van der Waals surface area contributed by atoms with Crippen molar-refractivity contribution in [3.05, 3.63) is 46.7 Å². The highest BCUT2D eigenvalue weighted by Gasteiger charge is 2.36. The number of halogens is 2. The van der Waals surface area contributed by atoms with Crippen LogP contribution in [-0.4, -0.2) is 47.8 Å². The second-order valence-corrected chi connectivity index (χ2v) is 6.91. The first-order chi connectivity index (χ1) is 12.0. The number of aryl methyl sites for hydroxylation is 1. The molecule has 2 heterocycles. The van der Waals surface area contributed by atoms with Crippen LogP contribution in [0.4, 0.5) is 0 Å². The summed E-state index contributed by atoms with van der Waals surface area (Å²) in [5.41, 5.74) is 1.99. The van der Waals surface area contributed by atoms with Crippen molar-refractivity contribution in [3.8, 4) is 5.75 Å². The number of benzene rings is 1. The Morgan fingerprint density at radius 2 is 2.23 bits per heavy atom. The molecule has 1 saturated heterocycles. The normalized spacial score (nSPS) is 19.1. The number of ether oxygens (including phenoxy) is 1. The van der Waals surface area contributed by atoms with E-state index in [4.69, 9.17) is 16.3 Å². The molecule has 1 aromatic heterocycles. The lowest BCUT2D eigenvalue weighted by atomic mass is 9.90. The van der Waals surface area contributed by atoms with Crippen LogP contribution in [0.2, 0.25) is 5.02 Å². The van der Waals surface area contributed by atoms with Crippen LogP contribution in [0.3, 0.4) is 0 Å². The molecule has 3 rings (SSSR count). The van der Waals surface area contributed by atoms with E-state index >= 15 is 0 Å². The third-order valence-electron chi connectivity index (χ3n) is 4.71. The molecule has 0 bridgehead atoms. The molecule has 2 atom stereocenters. The summed E-state index contributed by atoms with van der Waals surface area (Å²) < 4.78 is 7.15. The average molecular weight is 399 g/mol. The lowest BCUT2D eigenvalue weighted by molar-refractivity contribution is -0.134. The van der Waals surface area contributed by atoms with Gasteiger partial charge in [-0.15, -0.1) is 12.4 Å². The number of hydrogen-bond donors (Lipinski definition) is 1. The summed E-state index contributed by atoms with van der Waals surface area (Å²) in [6, 6.07) is 5.45. The third-order valence-corrected chi connectivity index (χ3v) is 4.95.